The van der Waals surface area contributed by atoms with Crippen LogP contribution in [0.2, 0.25) is 5.15 Å². The number of hydrogen-bond donors (Lipinski definition) is 0. The molecule has 0 saturated heterocycles. The summed E-state index contributed by atoms with van der Waals surface area (Å²) in [6.45, 7) is 3.95. The molecule has 0 aromatic carbocycles. The molecule has 1 unspecified atom stereocenters. The van der Waals surface area contributed by atoms with E-state index in [4.69, 9.17) is 16.3 Å². The van der Waals surface area contributed by atoms with Crippen molar-refractivity contribution in [3.05, 3.63) is 21.6 Å². The molecule has 78 valence electrons. The highest BCUT2D eigenvalue weighted by molar-refractivity contribution is 9.10. The van der Waals surface area contributed by atoms with Crippen LogP contribution in [-0.2, 0) is 10.3 Å². The van der Waals surface area contributed by atoms with E-state index in [2.05, 4.69) is 25.9 Å². The fourth-order valence-corrected chi connectivity index (χ4v) is 1.31. The van der Waals surface area contributed by atoms with Crippen molar-refractivity contribution >= 4 is 27.5 Å². The van der Waals surface area contributed by atoms with Crippen molar-refractivity contribution in [2.75, 3.05) is 7.11 Å². The van der Waals surface area contributed by atoms with Crippen molar-refractivity contribution in [3.8, 4) is 0 Å². The van der Waals surface area contributed by atoms with Crippen LogP contribution in [0, 0.1) is 0 Å². The summed E-state index contributed by atoms with van der Waals surface area (Å²) in [4.78, 5) is 8.35. The Morgan fingerprint density at radius 2 is 2.29 bits per heavy atom. The molecule has 0 N–H and O–H groups in total. The van der Waals surface area contributed by atoms with Gasteiger partial charge in [0.25, 0.3) is 0 Å². The lowest BCUT2D eigenvalue weighted by Gasteiger charge is -2.24. The van der Waals surface area contributed by atoms with Crippen LogP contribution in [0.4, 0.5) is 0 Å². The molecular weight excluding hydrogens is 267 g/mol. The number of methoxy groups -OCH3 is 1. The van der Waals surface area contributed by atoms with Gasteiger partial charge in [0.05, 0.1) is 4.47 Å². The van der Waals surface area contributed by atoms with Crippen LogP contribution in [0.5, 0.6) is 0 Å². The molecule has 0 spiro atoms. The van der Waals surface area contributed by atoms with Crippen LogP contribution in [0.25, 0.3) is 0 Å². The second kappa shape index (κ2) is 4.55. The van der Waals surface area contributed by atoms with Gasteiger partial charge in [-0.25, -0.2) is 9.97 Å². The minimum Gasteiger partial charge on any atom is -0.371 e. The van der Waals surface area contributed by atoms with Gasteiger partial charge in [0.2, 0.25) is 0 Å². The minimum absolute atomic E-state index is 0.409. The zero-order chi connectivity index (χ0) is 10.8. The molecule has 0 aliphatic heterocycles. The van der Waals surface area contributed by atoms with Gasteiger partial charge in [-0.1, -0.05) is 18.5 Å². The molecule has 0 aliphatic carbocycles. The molecule has 1 aromatic rings. The average Bonchev–Trinajstić information content (AvgIpc) is 2.21. The van der Waals surface area contributed by atoms with Crippen molar-refractivity contribution < 1.29 is 4.74 Å². The fourth-order valence-electron chi connectivity index (χ4n) is 0.995. The lowest BCUT2D eigenvalue weighted by atomic mass is 10.0. The Balaban J connectivity index is 3.12. The highest BCUT2D eigenvalue weighted by atomic mass is 79.9. The molecule has 0 fully saturated rings. The number of nitrogens with zero attached hydrogens (tertiary/aromatic N) is 2. The van der Waals surface area contributed by atoms with E-state index in [1.807, 2.05) is 13.8 Å². The molecule has 3 nitrogen and oxygen atoms in total. The predicted molar refractivity (Wildman–Crippen MR) is 59.4 cm³/mol. The molecule has 1 atom stereocenters. The summed E-state index contributed by atoms with van der Waals surface area (Å²) in [5.74, 6) is 0.607. The van der Waals surface area contributed by atoms with Gasteiger partial charge in [-0.2, -0.15) is 0 Å². The monoisotopic (exact) mass is 278 g/mol. The van der Waals surface area contributed by atoms with Crippen molar-refractivity contribution in [2.45, 2.75) is 25.9 Å². The maximum atomic E-state index is 5.88. The quantitative estimate of drug-likeness (QED) is 0.797. The number of rotatable bonds is 3. The maximum Gasteiger partial charge on any atom is 0.161 e. The summed E-state index contributed by atoms with van der Waals surface area (Å²) in [7, 11) is 1.64. The second-order valence-electron chi connectivity index (χ2n) is 3.12. The van der Waals surface area contributed by atoms with Gasteiger partial charge in [-0.05, 0) is 29.3 Å². The van der Waals surface area contributed by atoms with E-state index >= 15 is 0 Å². The smallest absolute Gasteiger partial charge is 0.161 e. The first-order valence-corrected chi connectivity index (χ1v) is 5.44. The first-order valence-electron chi connectivity index (χ1n) is 4.27. The summed E-state index contributed by atoms with van der Waals surface area (Å²) in [5, 5.41) is 0.409. The molecule has 0 aliphatic rings. The van der Waals surface area contributed by atoms with Crippen LogP contribution in [0.15, 0.2) is 10.7 Å². The molecular formula is C9H12BrClN2O. The Bertz CT molecular complexity index is 329. The molecule has 0 saturated carbocycles. The third-order valence-corrected chi connectivity index (χ3v) is 3.40. The van der Waals surface area contributed by atoms with Crippen LogP contribution in [-0.4, -0.2) is 17.1 Å². The molecule has 5 heteroatoms. The highest BCUT2D eigenvalue weighted by Crippen LogP contribution is 2.27. The third kappa shape index (κ3) is 2.24. The Hall–Kier alpha value is -0.190. The van der Waals surface area contributed by atoms with Crippen LogP contribution in [0.3, 0.4) is 0 Å². The normalized spacial score (nSPS) is 15.2. The molecule has 0 amide bonds. The summed E-state index contributed by atoms with van der Waals surface area (Å²) >= 11 is 9.12. The van der Waals surface area contributed by atoms with Crippen LogP contribution >= 0.6 is 27.5 Å². The summed E-state index contributed by atoms with van der Waals surface area (Å²) in [5.41, 5.74) is -0.468. The highest BCUT2D eigenvalue weighted by Gasteiger charge is 2.27. The SMILES string of the molecule is CCC(C)(OC)c1ncc(Br)c(Cl)n1. The zero-order valence-electron chi connectivity index (χ0n) is 8.34. The van der Waals surface area contributed by atoms with Gasteiger partial charge in [0.1, 0.15) is 10.8 Å². The Labute approximate surface area is 97.0 Å². The fraction of sp³-hybridized carbons (Fsp3) is 0.556. The van der Waals surface area contributed by atoms with Gasteiger partial charge < -0.3 is 4.74 Å². The summed E-state index contributed by atoms with van der Waals surface area (Å²) < 4.78 is 6.06. The van der Waals surface area contributed by atoms with Gasteiger partial charge >= 0.3 is 0 Å². The predicted octanol–water partition coefficient (Wildman–Crippen LogP) is 3.16. The maximum absolute atomic E-state index is 5.88. The van der Waals surface area contributed by atoms with Crippen molar-refractivity contribution in [3.63, 3.8) is 0 Å². The zero-order valence-corrected chi connectivity index (χ0v) is 10.7. The Morgan fingerprint density at radius 1 is 1.64 bits per heavy atom. The molecule has 0 radical (unpaired) electrons. The van der Waals surface area contributed by atoms with E-state index in [9.17, 15) is 0 Å². The number of ether oxygens (including phenoxy) is 1. The molecule has 1 aromatic heterocycles. The van der Waals surface area contributed by atoms with Crippen LogP contribution in [0.1, 0.15) is 26.1 Å². The third-order valence-electron chi connectivity index (χ3n) is 2.30. The lowest BCUT2D eigenvalue weighted by molar-refractivity contribution is -0.00901. The van der Waals surface area contributed by atoms with Gasteiger partial charge in [-0.15, -0.1) is 0 Å². The van der Waals surface area contributed by atoms with Crippen LogP contribution < -0.4 is 0 Å². The standard InChI is InChI=1S/C9H12BrClN2O/c1-4-9(2,14-3)8-12-5-6(10)7(11)13-8/h5H,4H2,1-3H3. The van der Waals surface area contributed by atoms with E-state index in [-0.39, 0.29) is 0 Å². The van der Waals surface area contributed by atoms with Crippen molar-refractivity contribution in [1.29, 1.82) is 0 Å². The number of hydrogen-bond acceptors (Lipinski definition) is 3. The number of halogens is 2. The summed E-state index contributed by atoms with van der Waals surface area (Å²) in [6, 6.07) is 0. The van der Waals surface area contributed by atoms with Gasteiger partial charge in [-0.3, -0.25) is 0 Å². The topological polar surface area (TPSA) is 35.0 Å². The number of aromatic nitrogens is 2. The van der Waals surface area contributed by atoms with Crippen molar-refractivity contribution in [1.82, 2.24) is 9.97 Å². The molecule has 1 rings (SSSR count). The van der Waals surface area contributed by atoms with Gasteiger partial charge in [0, 0.05) is 13.3 Å². The first-order chi connectivity index (χ1) is 6.53. The first kappa shape index (κ1) is 11.9. The minimum atomic E-state index is -0.468. The molecule has 14 heavy (non-hydrogen) atoms. The van der Waals surface area contributed by atoms with Crippen molar-refractivity contribution in [2.24, 2.45) is 0 Å². The molecule has 1 heterocycles. The lowest BCUT2D eigenvalue weighted by Crippen LogP contribution is -2.26. The van der Waals surface area contributed by atoms with E-state index in [1.54, 1.807) is 13.3 Å². The van der Waals surface area contributed by atoms with E-state index < -0.39 is 5.60 Å². The molecule has 0 bridgehead atoms. The summed E-state index contributed by atoms with van der Waals surface area (Å²) in [6.07, 6.45) is 2.43. The van der Waals surface area contributed by atoms with E-state index in [0.717, 1.165) is 6.42 Å². The Morgan fingerprint density at radius 3 is 2.71 bits per heavy atom. The Kier molecular flexibility index (Phi) is 3.86. The second-order valence-corrected chi connectivity index (χ2v) is 4.33. The largest absolute Gasteiger partial charge is 0.371 e. The average molecular weight is 280 g/mol. The van der Waals surface area contributed by atoms with E-state index in [1.165, 1.54) is 0 Å². The van der Waals surface area contributed by atoms with Gasteiger partial charge in [0.15, 0.2) is 5.82 Å². The van der Waals surface area contributed by atoms with E-state index in [0.29, 0.717) is 15.5 Å².